The summed E-state index contributed by atoms with van der Waals surface area (Å²) < 4.78 is 19.1. The van der Waals surface area contributed by atoms with Gasteiger partial charge in [-0.15, -0.1) is 12.4 Å². The second-order valence-electron chi connectivity index (χ2n) is 6.23. The number of aryl methyl sites for hydroxylation is 1. The van der Waals surface area contributed by atoms with Gasteiger partial charge in [-0.2, -0.15) is 0 Å². The average Bonchev–Trinajstić information content (AvgIpc) is 2.94. The lowest BCUT2D eigenvalue weighted by atomic mass is 9.94. The molecule has 0 aliphatic rings. The van der Waals surface area contributed by atoms with Crippen molar-refractivity contribution in [2.75, 3.05) is 0 Å². The fraction of sp³-hybridized carbons (Fsp3) is 0.250. The van der Waals surface area contributed by atoms with E-state index in [1.54, 1.807) is 13.0 Å². The summed E-state index contributed by atoms with van der Waals surface area (Å²) in [5.41, 5.74) is 8.54. The Labute approximate surface area is 158 Å². The number of hydrogen-bond donors (Lipinski definition) is 2. The normalized spacial score (nSPS) is 13.1. The van der Waals surface area contributed by atoms with Crippen molar-refractivity contribution >= 4 is 29.3 Å². The molecule has 0 radical (unpaired) electrons. The molecule has 0 aliphatic carbocycles. The summed E-state index contributed by atoms with van der Waals surface area (Å²) in [6.07, 6.45) is 0. The zero-order valence-electron chi connectivity index (χ0n) is 14.7. The van der Waals surface area contributed by atoms with Gasteiger partial charge in [0.1, 0.15) is 17.2 Å². The summed E-state index contributed by atoms with van der Waals surface area (Å²) in [5, 5.41) is 3.58. The summed E-state index contributed by atoms with van der Waals surface area (Å²) in [5.74, 6) is -0.226. The number of carbonyl (C=O) groups excluding carboxylic acids is 1. The van der Waals surface area contributed by atoms with Crippen molar-refractivity contribution in [1.29, 1.82) is 0 Å². The predicted octanol–water partition coefficient (Wildman–Crippen LogP) is 4.25. The van der Waals surface area contributed by atoms with Crippen molar-refractivity contribution in [3.8, 4) is 0 Å². The number of benzene rings is 2. The third-order valence-electron chi connectivity index (χ3n) is 4.56. The Morgan fingerprint density at radius 3 is 2.62 bits per heavy atom. The molecule has 2 atom stereocenters. The number of furan rings is 1. The smallest absolute Gasteiger partial charge is 0.225 e. The van der Waals surface area contributed by atoms with Gasteiger partial charge in [0.2, 0.25) is 5.91 Å². The maximum Gasteiger partial charge on any atom is 0.225 e. The third kappa shape index (κ3) is 4.06. The maximum absolute atomic E-state index is 13.4. The van der Waals surface area contributed by atoms with Gasteiger partial charge < -0.3 is 15.5 Å². The van der Waals surface area contributed by atoms with Crippen LogP contribution in [0.4, 0.5) is 4.39 Å². The van der Waals surface area contributed by atoms with E-state index in [-0.39, 0.29) is 42.6 Å². The molecule has 4 nitrogen and oxygen atoms in total. The first-order chi connectivity index (χ1) is 12.0. The lowest BCUT2D eigenvalue weighted by molar-refractivity contribution is -0.125. The fourth-order valence-corrected chi connectivity index (χ4v) is 2.87. The number of fused-ring (bicyclic) bond motifs is 1. The number of halogens is 2. The molecule has 1 amide bonds. The Hall–Kier alpha value is -2.37. The van der Waals surface area contributed by atoms with Gasteiger partial charge in [-0.05, 0) is 30.7 Å². The van der Waals surface area contributed by atoms with Crippen LogP contribution in [0.5, 0.6) is 0 Å². The van der Waals surface area contributed by atoms with E-state index >= 15 is 0 Å². The first-order valence-corrected chi connectivity index (χ1v) is 8.23. The number of hydrogen-bond acceptors (Lipinski definition) is 3. The Morgan fingerprint density at radius 1 is 1.23 bits per heavy atom. The summed E-state index contributed by atoms with van der Waals surface area (Å²) in [6.45, 7) is 3.90. The topological polar surface area (TPSA) is 68.3 Å². The van der Waals surface area contributed by atoms with E-state index in [9.17, 15) is 9.18 Å². The molecular weight excluding hydrogens is 355 g/mol. The molecule has 3 N–H and O–H groups in total. The van der Waals surface area contributed by atoms with Gasteiger partial charge in [0, 0.05) is 17.0 Å². The van der Waals surface area contributed by atoms with Gasteiger partial charge in [-0.1, -0.05) is 37.3 Å². The lowest BCUT2D eigenvalue weighted by Gasteiger charge is -2.19. The number of carbonyl (C=O) groups is 1. The summed E-state index contributed by atoms with van der Waals surface area (Å²) in [4.78, 5) is 12.4. The predicted molar refractivity (Wildman–Crippen MR) is 103 cm³/mol. The molecule has 1 aromatic heterocycles. The molecule has 3 aromatic rings. The van der Waals surface area contributed by atoms with Crippen molar-refractivity contribution in [3.63, 3.8) is 0 Å². The molecule has 2 unspecified atom stereocenters. The van der Waals surface area contributed by atoms with Gasteiger partial charge in [0.05, 0.1) is 12.5 Å². The van der Waals surface area contributed by atoms with Crippen molar-refractivity contribution in [2.24, 2.45) is 11.7 Å². The molecule has 26 heavy (non-hydrogen) atoms. The quantitative estimate of drug-likeness (QED) is 0.699. The highest BCUT2D eigenvalue weighted by Crippen LogP contribution is 2.26. The summed E-state index contributed by atoms with van der Waals surface area (Å²) in [7, 11) is 0. The van der Waals surface area contributed by atoms with Crippen molar-refractivity contribution in [1.82, 2.24) is 5.32 Å². The zero-order chi connectivity index (χ0) is 18.0. The van der Waals surface area contributed by atoms with Crippen LogP contribution in [0.2, 0.25) is 0 Å². The molecular formula is C20H22ClFN2O2. The van der Waals surface area contributed by atoms with Gasteiger partial charge in [0.15, 0.2) is 0 Å². The summed E-state index contributed by atoms with van der Waals surface area (Å²) in [6, 6.07) is 13.5. The molecule has 0 spiro atoms. The van der Waals surface area contributed by atoms with E-state index < -0.39 is 0 Å². The van der Waals surface area contributed by atoms with Gasteiger partial charge in [-0.25, -0.2) is 4.39 Å². The lowest BCUT2D eigenvalue weighted by Crippen LogP contribution is -2.35. The molecule has 3 rings (SSSR count). The second-order valence-corrected chi connectivity index (χ2v) is 6.23. The largest absolute Gasteiger partial charge is 0.459 e. The van der Waals surface area contributed by atoms with Gasteiger partial charge >= 0.3 is 0 Å². The van der Waals surface area contributed by atoms with Crippen LogP contribution < -0.4 is 11.1 Å². The van der Waals surface area contributed by atoms with Crippen molar-refractivity contribution in [2.45, 2.75) is 26.4 Å². The van der Waals surface area contributed by atoms with E-state index in [1.165, 1.54) is 12.1 Å². The Bertz CT molecular complexity index is 895. The fourth-order valence-electron chi connectivity index (χ4n) is 2.87. The van der Waals surface area contributed by atoms with Crippen LogP contribution >= 0.6 is 12.4 Å². The van der Waals surface area contributed by atoms with Crippen LogP contribution in [0.15, 0.2) is 52.9 Å². The second kappa shape index (κ2) is 8.34. The van der Waals surface area contributed by atoms with E-state index in [2.05, 4.69) is 5.32 Å². The Morgan fingerprint density at radius 2 is 1.92 bits per heavy atom. The minimum atomic E-state index is -0.385. The molecule has 0 bridgehead atoms. The van der Waals surface area contributed by atoms with E-state index in [0.717, 1.165) is 16.5 Å². The van der Waals surface area contributed by atoms with Crippen LogP contribution in [-0.4, -0.2) is 5.91 Å². The van der Waals surface area contributed by atoms with Crippen LogP contribution in [0.25, 0.3) is 11.0 Å². The number of amides is 1. The van der Waals surface area contributed by atoms with Crippen molar-refractivity contribution < 1.29 is 13.6 Å². The highest BCUT2D eigenvalue weighted by Gasteiger charge is 2.22. The highest BCUT2D eigenvalue weighted by molar-refractivity contribution is 5.85. The Balaban J connectivity index is 0.00000243. The SMILES string of the molecule is Cc1c(CNC(=O)C(C)C(N)c2ccccc2)oc2ccc(F)cc12.Cl. The van der Waals surface area contributed by atoms with Crippen LogP contribution in [0.3, 0.4) is 0 Å². The molecule has 0 saturated heterocycles. The van der Waals surface area contributed by atoms with Crippen LogP contribution in [0.1, 0.15) is 29.9 Å². The zero-order valence-corrected chi connectivity index (χ0v) is 15.5. The van der Waals surface area contributed by atoms with Gasteiger partial charge in [0.25, 0.3) is 0 Å². The minimum Gasteiger partial charge on any atom is -0.459 e. The Kier molecular flexibility index (Phi) is 6.40. The standard InChI is InChI=1S/C20H21FN2O2.ClH/c1-12-16-10-15(21)8-9-17(16)25-18(12)11-23-20(24)13(2)19(22)14-6-4-3-5-7-14;/h3-10,13,19H,11,22H2,1-2H3,(H,23,24);1H. The van der Waals surface area contributed by atoms with Crippen molar-refractivity contribution in [3.05, 3.63) is 71.2 Å². The van der Waals surface area contributed by atoms with E-state index in [1.807, 2.05) is 37.3 Å². The number of nitrogens with two attached hydrogens (primary N) is 1. The monoisotopic (exact) mass is 376 g/mol. The molecule has 2 aromatic carbocycles. The minimum absolute atomic E-state index is 0. The summed E-state index contributed by atoms with van der Waals surface area (Å²) >= 11 is 0. The molecule has 6 heteroatoms. The van der Waals surface area contributed by atoms with Gasteiger partial charge in [-0.3, -0.25) is 4.79 Å². The number of rotatable bonds is 5. The first-order valence-electron chi connectivity index (χ1n) is 8.23. The molecule has 0 aliphatic heterocycles. The molecule has 0 fully saturated rings. The van der Waals surface area contributed by atoms with Crippen LogP contribution in [0, 0.1) is 18.7 Å². The van der Waals surface area contributed by atoms with E-state index in [4.69, 9.17) is 10.2 Å². The van der Waals surface area contributed by atoms with Crippen LogP contribution in [-0.2, 0) is 11.3 Å². The first kappa shape index (κ1) is 19.9. The molecule has 138 valence electrons. The average molecular weight is 377 g/mol. The maximum atomic E-state index is 13.4. The highest BCUT2D eigenvalue weighted by atomic mass is 35.5. The molecule has 1 heterocycles. The number of nitrogens with one attached hydrogen (secondary N) is 1. The molecule has 0 saturated carbocycles. The third-order valence-corrected chi connectivity index (χ3v) is 4.56. The van der Waals surface area contributed by atoms with E-state index in [0.29, 0.717) is 11.3 Å².